The third-order valence-electron chi connectivity index (χ3n) is 4.10. The lowest BCUT2D eigenvalue weighted by atomic mass is 9.77. The summed E-state index contributed by atoms with van der Waals surface area (Å²) < 4.78 is 38.4. The van der Waals surface area contributed by atoms with Gasteiger partial charge in [0.15, 0.2) is 0 Å². The Balaban J connectivity index is 2.24. The number of alkyl halides is 3. The highest BCUT2D eigenvalue weighted by molar-refractivity contribution is 5.49. The van der Waals surface area contributed by atoms with Crippen LogP contribution in [0.4, 0.5) is 24.8 Å². The zero-order valence-electron chi connectivity index (χ0n) is 11.9. The molecule has 1 heterocycles. The number of aromatic nitrogens is 1. The van der Waals surface area contributed by atoms with E-state index in [1.807, 2.05) is 0 Å². The van der Waals surface area contributed by atoms with Crippen LogP contribution in [0.5, 0.6) is 0 Å². The second-order valence-corrected chi connectivity index (χ2v) is 5.91. The van der Waals surface area contributed by atoms with Crippen molar-refractivity contribution in [3.63, 3.8) is 0 Å². The molecule has 2 rings (SSSR count). The first kappa shape index (κ1) is 15.9. The van der Waals surface area contributed by atoms with Gasteiger partial charge in [0.1, 0.15) is 11.6 Å². The second-order valence-electron chi connectivity index (χ2n) is 5.91. The molecule has 21 heavy (non-hydrogen) atoms. The first-order valence-corrected chi connectivity index (χ1v) is 6.98. The number of rotatable bonds is 3. The Bertz CT molecular complexity index is 497. The number of aliphatic hydroxyl groups excluding tert-OH is 1. The lowest BCUT2D eigenvalue weighted by molar-refractivity contribution is -0.137. The smallest absolute Gasteiger partial charge is 0.394 e. The molecule has 118 valence electrons. The van der Waals surface area contributed by atoms with E-state index in [1.54, 1.807) is 0 Å². The summed E-state index contributed by atoms with van der Waals surface area (Å²) in [7, 11) is 0. The molecule has 1 saturated carbocycles. The number of aliphatic hydroxyl groups is 1. The minimum Gasteiger partial charge on any atom is -0.394 e. The average Bonchev–Trinajstić information content (AvgIpc) is 2.40. The molecule has 7 heteroatoms. The van der Waals surface area contributed by atoms with Crippen LogP contribution < -0.4 is 11.1 Å². The van der Waals surface area contributed by atoms with E-state index in [9.17, 15) is 18.3 Å². The van der Waals surface area contributed by atoms with Crippen molar-refractivity contribution in [2.24, 2.45) is 5.92 Å². The van der Waals surface area contributed by atoms with Crippen LogP contribution in [0.15, 0.2) is 12.1 Å². The molecular formula is C14H20F3N3O. The van der Waals surface area contributed by atoms with Gasteiger partial charge in [-0.2, -0.15) is 13.2 Å². The van der Waals surface area contributed by atoms with Gasteiger partial charge < -0.3 is 16.2 Å². The van der Waals surface area contributed by atoms with Gasteiger partial charge >= 0.3 is 6.18 Å². The van der Waals surface area contributed by atoms with Gasteiger partial charge in [-0.1, -0.05) is 6.92 Å². The van der Waals surface area contributed by atoms with Crippen LogP contribution in [0.2, 0.25) is 0 Å². The van der Waals surface area contributed by atoms with Crippen molar-refractivity contribution in [2.45, 2.75) is 44.3 Å². The summed E-state index contributed by atoms with van der Waals surface area (Å²) in [6, 6.07) is 1.74. The number of hydrogen-bond donors (Lipinski definition) is 3. The lowest BCUT2D eigenvalue weighted by Crippen LogP contribution is -2.45. The van der Waals surface area contributed by atoms with E-state index in [0.717, 1.165) is 25.0 Å². The molecule has 0 spiro atoms. The standard InChI is InChI=1S/C14H20F3N3O/c1-9-2-4-13(8-21,5-3-9)20-12-7-10(14(15,16)17)6-11(18)19-12/h6-7,9,21H,2-5,8H2,1H3,(H3,18,19,20). The third-order valence-corrected chi connectivity index (χ3v) is 4.10. The highest BCUT2D eigenvalue weighted by atomic mass is 19.4. The molecule has 0 aromatic carbocycles. The number of nitrogens with two attached hydrogens (primary N) is 1. The predicted molar refractivity (Wildman–Crippen MR) is 74.7 cm³/mol. The normalized spacial score (nSPS) is 26.6. The maximum atomic E-state index is 12.8. The van der Waals surface area contributed by atoms with Crippen LogP contribution in [0.1, 0.15) is 38.2 Å². The summed E-state index contributed by atoms with van der Waals surface area (Å²) in [5, 5.41) is 12.6. The Morgan fingerprint density at radius 2 is 2.00 bits per heavy atom. The Morgan fingerprint density at radius 3 is 2.52 bits per heavy atom. The van der Waals surface area contributed by atoms with Crippen molar-refractivity contribution in [1.82, 2.24) is 4.98 Å². The van der Waals surface area contributed by atoms with Crippen molar-refractivity contribution in [1.29, 1.82) is 0 Å². The fourth-order valence-corrected chi connectivity index (χ4v) is 2.69. The molecule has 1 aliphatic carbocycles. The largest absolute Gasteiger partial charge is 0.416 e. The number of nitrogens with one attached hydrogen (secondary N) is 1. The molecule has 4 nitrogen and oxygen atoms in total. The van der Waals surface area contributed by atoms with Gasteiger partial charge in [-0.25, -0.2) is 4.98 Å². The predicted octanol–water partition coefficient (Wildman–Crippen LogP) is 3.04. The topological polar surface area (TPSA) is 71.2 Å². The summed E-state index contributed by atoms with van der Waals surface area (Å²) in [5.74, 6) is 0.432. The first-order valence-electron chi connectivity index (χ1n) is 6.98. The second kappa shape index (κ2) is 5.71. The van der Waals surface area contributed by atoms with Crippen molar-refractivity contribution in [2.75, 3.05) is 17.7 Å². The molecular weight excluding hydrogens is 283 g/mol. The molecule has 1 aromatic heterocycles. The summed E-state index contributed by atoms with van der Waals surface area (Å²) in [4.78, 5) is 3.91. The van der Waals surface area contributed by atoms with Gasteiger partial charge in [-0.3, -0.25) is 0 Å². The van der Waals surface area contributed by atoms with Crippen LogP contribution >= 0.6 is 0 Å². The molecule has 0 radical (unpaired) electrons. The molecule has 0 bridgehead atoms. The van der Waals surface area contributed by atoms with Gasteiger partial charge in [0.2, 0.25) is 0 Å². The number of pyridine rings is 1. The zero-order valence-corrected chi connectivity index (χ0v) is 11.9. The summed E-state index contributed by atoms with van der Waals surface area (Å²) >= 11 is 0. The molecule has 0 saturated heterocycles. The SMILES string of the molecule is CC1CCC(CO)(Nc2cc(C(F)(F)F)cc(N)n2)CC1. The van der Waals surface area contributed by atoms with Crippen LogP contribution in [0, 0.1) is 5.92 Å². The fourth-order valence-electron chi connectivity index (χ4n) is 2.69. The van der Waals surface area contributed by atoms with E-state index in [1.165, 1.54) is 0 Å². The Kier molecular flexibility index (Phi) is 4.32. The molecule has 4 N–H and O–H groups in total. The number of hydrogen-bond acceptors (Lipinski definition) is 4. The number of anilines is 2. The van der Waals surface area contributed by atoms with Crippen molar-refractivity contribution in [3.05, 3.63) is 17.7 Å². The van der Waals surface area contributed by atoms with E-state index < -0.39 is 17.3 Å². The van der Waals surface area contributed by atoms with E-state index in [0.29, 0.717) is 18.8 Å². The van der Waals surface area contributed by atoms with E-state index in [-0.39, 0.29) is 18.2 Å². The molecule has 0 amide bonds. The minimum absolute atomic E-state index is 0.0610. The zero-order chi connectivity index (χ0) is 15.7. The molecule has 1 aliphatic rings. The van der Waals surface area contributed by atoms with E-state index >= 15 is 0 Å². The fraction of sp³-hybridized carbons (Fsp3) is 0.643. The molecule has 1 aromatic rings. The Labute approximate surface area is 121 Å². The van der Waals surface area contributed by atoms with Gasteiger partial charge in [0, 0.05) is 0 Å². The monoisotopic (exact) mass is 303 g/mol. The van der Waals surface area contributed by atoms with E-state index in [2.05, 4.69) is 17.2 Å². The van der Waals surface area contributed by atoms with Crippen molar-refractivity contribution in [3.8, 4) is 0 Å². The van der Waals surface area contributed by atoms with Crippen LogP contribution in [0.25, 0.3) is 0 Å². The van der Waals surface area contributed by atoms with Crippen molar-refractivity contribution >= 4 is 11.6 Å². The minimum atomic E-state index is -4.47. The number of nitrogen functional groups attached to an aromatic ring is 1. The van der Waals surface area contributed by atoms with E-state index in [4.69, 9.17) is 5.73 Å². The Hall–Kier alpha value is -1.50. The highest BCUT2D eigenvalue weighted by Crippen LogP contribution is 2.36. The molecule has 0 unspecified atom stereocenters. The maximum absolute atomic E-state index is 12.8. The third kappa shape index (κ3) is 3.78. The number of nitrogens with zero attached hydrogens (tertiary/aromatic N) is 1. The van der Waals surface area contributed by atoms with Gasteiger partial charge in [0.25, 0.3) is 0 Å². The average molecular weight is 303 g/mol. The molecule has 0 aliphatic heterocycles. The summed E-state index contributed by atoms with van der Waals surface area (Å²) in [5.41, 5.74) is 4.00. The molecule has 1 fully saturated rings. The van der Waals surface area contributed by atoms with Crippen LogP contribution in [0.3, 0.4) is 0 Å². The van der Waals surface area contributed by atoms with Gasteiger partial charge in [0.05, 0.1) is 17.7 Å². The van der Waals surface area contributed by atoms with Crippen LogP contribution in [-0.2, 0) is 6.18 Å². The van der Waals surface area contributed by atoms with Crippen molar-refractivity contribution < 1.29 is 18.3 Å². The highest BCUT2D eigenvalue weighted by Gasteiger charge is 2.35. The van der Waals surface area contributed by atoms with Gasteiger partial charge in [-0.15, -0.1) is 0 Å². The maximum Gasteiger partial charge on any atom is 0.416 e. The van der Waals surface area contributed by atoms with Gasteiger partial charge in [-0.05, 0) is 43.7 Å². The summed E-state index contributed by atoms with van der Waals surface area (Å²) in [6.07, 6.45) is -1.24. The first-order chi connectivity index (χ1) is 9.74. The molecule has 0 atom stereocenters. The lowest BCUT2D eigenvalue weighted by Gasteiger charge is -2.39. The summed E-state index contributed by atoms with van der Waals surface area (Å²) in [6.45, 7) is 1.99. The Morgan fingerprint density at radius 1 is 1.38 bits per heavy atom. The number of halogens is 3. The van der Waals surface area contributed by atoms with Crippen LogP contribution in [-0.4, -0.2) is 22.2 Å². The quantitative estimate of drug-likeness (QED) is 0.802.